The molecular weight excluding hydrogens is 581 g/mol. The number of hydrogen-bond donors (Lipinski definition) is 1. The molecule has 0 amide bonds. The van der Waals surface area contributed by atoms with Gasteiger partial charge in [-0.15, -0.1) is 0 Å². The number of rotatable bonds is 6. The summed E-state index contributed by atoms with van der Waals surface area (Å²) >= 11 is 0. The van der Waals surface area contributed by atoms with Crippen molar-refractivity contribution in [1.29, 1.82) is 0 Å². The zero-order valence-electron chi connectivity index (χ0n) is 26.3. The van der Waals surface area contributed by atoms with Gasteiger partial charge in [0.15, 0.2) is 0 Å². The summed E-state index contributed by atoms with van der Waals surface area (Å²) in [7, 11) is 0. The van der Waals surface area contributed by atoms with Crippen LogP contribution < -0.4 is 5.32 Å². The van der Waals surface area contributed by atoms with Gasteiger partial charge in [-0.25, -0.2) is 0 Å². The summed E-state index contributed by atoms with van der Waals surface area (Å²) in [6.07, 6.45) is 0. The molecule has 9 aromatic rings. The lowest BCUT2D eigenvalue weighted by atomic mass is 9.91. The molecule has 0 unspecified atom stereocenters. The Morgan fingerprint density at radius 1 is 0.354 bits per heavy atom. The van der Waals surface area contributed by atoms with E-state index in [4.69, 9.17) is 0 Å². The first-order chi connectivity index (χ1) is 23.8. The molecular formula is C46H32N2. The first kappa shape index (κ1) is 27.9. The molecule has 0 aliphatic rings. The van der Waals surface area contributed by atoms with Gasteiger partial charge in [-0.05, 0) is 98.8 Å². The van der Waals surface area contributed by atoms with E-state index >= 15 is 0 Å². The van der Waals surface area contributed by atoms with Crippen molar-refractivity contribution in [2.45, 2.75) is 0 Å². The highest BCUT2D eigenvalue weighted by Crippen LogP contribution is 2.38. The minimum atomic E-state index is 1.06. The molecule has 2 nitrogen and oxygen atoms in total. The zero-order chi connectivity index (χ0) is 31.9. The average molecular weight is 613 g/mol. The Hall–Kier alpha value is -6.38. The number of benzene rings is 8. The summed E-state index contributed by atoms with van der Waals surface area (Å²) in [6, 6.07) is 67.4. The lowest BCUT2D eigenvalue weighted by Gasteiger charge is -2.14. The Morgan fingerprint density at radius 2 is 0.938 bits per heavy atom. The molecule has 0 aliphatic carbocycles. The normalized spacial score (nSPS) is 11.3. The molecule has 2 heteroatoms. The van der Waals surface area contributed by atoms with Gasteiger partial charge in [0.25, 0.3) is 0 Å². The topological polar surface area (TPSA) is 17.0 Å². The number of anilines is 2. The van der Waals surface area contributed by atoms with Crippen molar-refractivity contribution >= 4 is 44.0 Å². The van der Waals surface area contributed by atoms with Crippen molar-refractivity contribution in [1.82, 2.24) is 4.57 Å². The molecule has 0 saturated heterocycles. The van der Waals surface area contributed by atoms with E-state index in [0.29, 0.717) is 0 Å². The molecule has 0 saturated carbocycles. The Morgan fingerprint density at radius 3 is 1.71 bits per heavy atom. The van der Waals surface area contributed by atoms with Crippen LogP contribution in [0.3, 0.4) is 0 Å². The number of nitrogens with one attached hydrogen (secondary N) is 1. The minimum Gasteiger partial charge on any atom is -0.356 e. The summed E-state index contributed by atoms with van der Waals surface area (Å²) in [5.74, 6) is 0. The molecule has 0 atom stereocenters. The highest BCUT2D eigenvalue weighted by atomic mass is 15.0. The molecule has 9 rings (SSSR count). The predicted octanol–water partition coefficient (Wildman–Crippen LogP) is 12.7. The van der Waals surface area contributed by atoms with Gasteiger partial charge in [-0.1, -0.05) is 133 Å². The number of fused-ring (bicyclic) bond motifs is 4. The van der Waals surface area contributed by atoms with Crippen molar-refractivity contribution in [3.8, 4) is 39.1 Å². The summed E-state index contributed by atoms with van der Waals surface area (Å²) in [5.41, 5.74) is 13.0. The van der Waals surface area contributed by atoms with Crippen LogP contribution in [0.1, 0.15) is 0 Å². The molecule has 0 bridgehead atoms. The summed E-state index contributed by atoms with van der Waals surface area (Å²) in [4.78, 5) is 0. The number of nitrogens with zero attached hydrogens (tertiary/aromatic N) is 1. The van der Waals surface area contributed by atoms with Crippen LogP contribution in [-0.4, -0.2) is 4.57 Å². The summed E-state index contributed by atoms with van der Waals surface area (Å²) in [5, 5.41) is 8.70. The Bertz CT molecular complexity index is 2560. The van der Waals surface area contributed by atoms with Crippen molar-refractivity contribution < 1.29 is 0 Å². The fraction of sp³-hybridized carbons (Fsp3) is 0. The number of hydrogen-bond acceptors (Lipinski definition) is 1. The van der Waals surface area contributed by atoms with Crippen LogP contribution in [0.25, 0.3) is 71.6 Å². The van der Waals surface area contributed by atoms with Crippen LogP contribution >= 0.6 is 0 Å². The molecule has 0 aliphatic heterocycles. The average Bonchev–Trinajstić information content (AvgIpc) is 3.49. The highest BCUT2D eigenvalue weighted by molar-refractivity contribution is 6.10. The van der Waals surface area contributed by atoms with E-state index in [2.05, 4.69) is 198 Å². The fourth-order valence-electron chi connectivity index (χ4n) is 7.12. The van der Waals surface area contributed by atoms with E-state index in [-0.39, 0.29) is 0 Å². The molecule has 0 radical (unpaired) electrons. The monoisotopic (exact) mass is 612 g/mol. The molecule has 226 valence electrons. The van der Waals surface area contributed by atoms with Gasteiger partial charge in [-0.2, -0.15) is 0 Å². The van der Waals surface area contributed by atoms with Crippen LogP contribution in [0.5, 0.6) is 0 Å². The molecule has 0 fully saturated rings. The standard InChI is InChI=1S/C46H32N2/c1-3-12-32(13-4-1)40-21-10-14-34-15-11-22-41(46(34)40)33-24-27-37(28-25-33)47-38-17-9-16-35(30-38)36-26-29-45-43(31-36)42-20-7-8-23-44(42)48(45)39-18-5-2-6-19-39/h1-31,47H. The van der Waals surface area contributed by atoms with Gasteiger partial charge < -0.3 is 9.88 Å². The van der Waals surface area contributed by atoms with Gasteiger partial charge in [0.2, 0.25) is 0 Å². The van der Waals surface area contributed by atoms with Gasteiger partial charge >= 0.3 is 0 Å². The van der Waals surface area contributed by atoms with E-state index in [1.165, 1.54) is 71.6 Å². The molecule has 1 aromatic heterocycles. The third-order valence-corrected chi connectivity index (χ3v) is 9.36. The number of para-hydroxylation sites is 2. The van der Waals surface area contributed by atoms with E-state index in [9.17, 15) is 0 Å². The van der Waals surface area contributed by atoms with Gasteiger partial charge in [0, 0.05) is 27.8 Å². The van der Waals surface area contributed by atoms with Crippen LogP contribution in [0, 0.1) is 0 Å². The smallest absolute Gasteiger partial charge is 0.0541 e. The van der Waals surface area contributed by atoms with E-state index in [1.807, 2.05) is 0 Å². The Kier molecular flexibility index (Phi) is 6.84. The van der Waals surface area contributed by atoms with Gasteiger partial charge in [-0.3, -0.25) is 0 Å². The van der Waals surface area contributed by atoms with Crippen LogP contribution in [0.4, 0.5) is 11.4 Å². The molecule has 48 heavy (non-hydrogen) atoms. The van der Waals surface area contributed by atoms with Crippen molar-refractivity contribution in [2.24, 2.45) is 0 Å². The SMILES string of the molecule is c1ccc(-c2cccc3cccc(-c4ccc(Nc5cccc(-c6ccc7c(c6)c6ccccc6n7-c6ccccc6)c5)cc4)c23)cc1. The first-order valence-corrected chi connectivity index (χ1v) is 16.4. The second-order valence-corrected chi connectivity index (χ2v) is 12.3. The third-order valence-electron chi connectivity index (χ3n) is 9.36. The maximum atomic E-state index is 3.66. The molecule has 0 spiro atoms. The van der Waals surface area contributed by atoms with E-state index in [1.54, 1.807) is 0 Å². The largest absolute Gasteiger partial charge is 0.356 e. The predicted molar refractivity (Wildman–Crippen MR) is 204 cm³/mol. The summed E-state index contributed by atoms with van der Waals surface area (Å²) in [6.45, 7) is 0. The van der Waals surface area contributed by atoms with Crippen molar-refractivity contribution in [3.63, 3.8) is 0 Å². The van der Waals surface area contributed by atoms with E-state index < -0.39 is 0 Å². The van der Waals surface area contributed by atoms with Gasteiger partial charge in [0.1, 0.15) is 0 Å². The van der Waals surface area contributed by atoms with Crippen LogP contribution in [0.2, 0.25) is 0 Å². The van der Waals surface area contributed by atoms with E-state index in [0.717, 1.165) is 11.4 Å². The van der Waals surface area contributed by atoms with Crippen molar-refractivity contribution in [3.05, 3.63) is 188 Å². The minimum absolute atomic E-state index is 1.06. The fourth-order valence-corrected chi connectivity index (χ4v) is 7.12. The maximum absolute atomic E-state index is 3.66. The molecule has 1 heterocycles. The lowest BCUT2D eigenvalue weighted by Crippen LogP contribution is -1.93. The number of aromatic nitrogens is 1. The lowest BCUT2D eigenvalue weighted by molar-refractivity contribution is 1.18. The summed E-state index contributed by atoms with van der Waals surface area (Å²) < 4.78 is 2.36. The molecule has 8 aromatic carbocycles. The van der Waals surface area contributed by atoms with Crippen molar-refractivity contribution in [2.75, 3.05) is 5.32 Å². The first-order valence-electron chi connectivity index (χ1n) is 16.4. The second-order valence-electron chi connectivity index (χ2n) is 12.3. The van der Waals surface area contributed by atoms with Gasteiger partial charge in [0.05, 0.1) is 11.0 Å². The zero-order valence-corrected chi connectivity index (χ0v) is 26.3. The Labute approximate surface area is 280 Å². The quantitative estimate of drug-likeness (QED) is 0.198. The maximum Gasteiger partial charge on any atom is 0.0541 e. The highest BCUT2D eigenvalue weighted by Gasteiger charge is 2.14. The Balaban J connectivity index is 1.04. The molecule has 1 N–H and O–H groups in total. The second kappa shape index (κ2) is 11.8. The van der Waals surface area contributed by atoms with Crippen LogP contribution in [-0.2, 0) is 0 Å². The third kappa shape index (κ3) is 4.92. The van der Waals surface area contributed by atoms with Crippen LogP contribution in [0.15, 0.2) is 188 Å².